The summed E-state index contributed by atoms with van der Waals surface area (Å²) >= 11 is 0. The maximum atomic E-state index is 12.9. The zero-order valence-electron chi connectivity index (χ0n) is 17.7. The summed E-state index contributed by atoms with van der Waals surface area (Å²) in [5.74, 6) is 0.263. The molecule has 4 aromatic rings. The van der Waals surface area contributed by atoms with Crippen LogP contribution in [0.4, 0.5) is 0 Å². The predicted molar refractivity (Wildman–Crippen MR) is 123 cm³/mol. The molecule has 1 N–H and O–H groups in total. The van der Waals surface area contributed by atoms with Gasteiger partial charge in [0, 0.05) is 30.2 Å². The first kappa shape index (κ1) is 21.9. The van der Waals surface area contributed by atoms with Crippen molar-refractivity contribution in [3.63, 3.8) is 0 Å². The van der Waals surface area contributed by atoms with E-state index in [0.717, 1.165) is 39.7 Å². The van der Waals surface area contributed by atoms with E-state index in [9.17, 15) is 16.8 Å². The number of nitrogens with one attached hydrogen (secondary N) is 1. The van der Waals surface area contributed by atoms with Crippen molar-refractivity contribution < 1.29 is 21.3 Å². The number of hydrogen-bond donors (Lipinski definition) is 1. The molecule has 1 aliphatic carbocycles. The normalized spacial score (nSPS) is 19.6. The number of hydrogen-bond acceptors (Lipinski definition) is 6. The molecule has 0 bridgehead atoms. The maximum absolute atomic E-state index is 12.9. The number of pyridine rings is 1. The number of rotatable bonds is 6. The lowest BCUT2D eigenvalue weighted by Gasteiger charge is -2.28. The molecule has 0 unspecified atom stereocenters. The summed E-state index contributed by atoms with van der Waals surface area (Å²) in [5.41, 5.74) is 2.68. The number of nitrogens with zero attached hydrogens (tertiary/aromatic N) is 2. The summed E-state index contributed by atoms with van der Waals surface area (Å²) in [5, 5.41) is 0. The van der Waals surface area contributed by atoms with Gasteiger partial charge in [-0.1, -0.05) is 18.2 Å². The Balaban J connectivity index is 1.27. The number of aromatic nitrogens is 2. The van der Waals surface area contributed by atoms with E-state index in [1.807, 2.05) is 12.1 Å². The van der Waals surface area contributed by atoms with Crippen molar-refractivity contribution in [3.8, 4) is 0 Å². The fourth-order valence-electron chi connectivity index (χ4n) is 4.37. The molecule has 1 fully saturated rings. The SMILES string of the molecule is O=S(=O)(NC1CCC(c2coc3cccnc23)CC1)c1ccn(S(=O)(=O)c2ccccc2)c1. The first-order valence-electron chi connectivity index (χ1n) is 10.7. The standard InChI is InChI=1S/C23H23N3O5S2/c27-32(28,20-12-14-26(15-20)33(29,30)19-5-2-1-3-6-19)25-18-10-8-17(9-11-18)21-16-31-22-7-4-13-24-23(21)22/h1-7,12-18,25H,8-11H2. The highest BCUT2D eigenvalue weighted by molar-refractivity contribution is 7.90. The van der Waals surface area contributed by atoms with Crippen LogP contribution in [0, 0.1) is 0 Å². The van der Waals surface area contributed by atoms with Gasteiger partial charge in [-0.25, -0.2) is 25.5 Å². The zero-order chi connectivity index (χ0) is 23.1. The van der Waals surface area contributed by atoms with E-state index in [1.165, 1.54) is 24.4 Å². The minimum absolute atomic E-state index is 0.0749. The van der Waals surface area contributed by atoms with Crippen molar-refractivity contribution in [2.24, 2.45) is 0 Å². The Bertz CT molecular complexity index is 1480. The average molecular weight is 486 g/mol. The molecule has 3 aromatic heterocycles. The third-order valence-electron chi connectivity index (χ3n) is 6.11. The minimum Gasteiger partial charge on any atom is -0.462 e. The van der Waals surface area contributed by atoms with Crippen LogP contribution >= 0.6 is 0 Å². The molecule has 0 amide bonds. The number of furan rings is 1. The highest BCUT2D eigenvalue weighted by atomic mass is 32.2. The van der Waals surface area contributed by atoms with Crippen molar-refractivity contribution in [2.75, 3.05) is 0 Å². The Morgan fingerprint density at radius 2 is 1.67 bits per heavy atom. The van der Waals surface area contributed by atoms with Crippen LogP contribution in [0.1, 0.15) is 37.2 Å². The van der Waals surface area contributed by atoms with Gasteiger partial charge in [0.1, 0.15) is 10.4 Å². The number of benzene rings is 1. The van der Waals surface area contributed by atoms with Gasteiger partial charge in [0.15, 0.2) is 5.58 Å². The molecule has 1 aromatic carbocycles. The zero-order valence-corrected chi connectivity index (χ0v) is 19.3. The molecule has 5 rings (SSSR count). The summed E-state index contributed by atoms with van der Waals surface area (Å²) in [7, 11) is -7.71. The van der Waals surface area contributed by atoms with Crippen molar-refractivity contribution in [2.45, 2.75) is 47.4 Å². The van der Waals surface area contributed by atoms with Gasteiger partial charge in [0.2, 0.25) is 10.0 Å². The molecule has 0 radical (unpaired) electrons. The highest BCUT2D eigenvalue weighted by Crippen LogP contribution is 2.37. The third kappa shape index (κ3) is 4.21. The van der Waals surface area contributed by atoms with E-state index in [1.54, 1.807) is 30.7 Å². The quantitative estimate of drug-likeness (QED) is 0.444. The van der Waals surface area contributed by atoms with Gasteiger partial charge in [-0.3, -0.25) is 4.98 Å². The third-order valence-corrected chi connectivity index (χ3v) is 9.27. The van der Waals surface area contributed by atoms with Crippen LogP contribution in [-0.4, -0.2) is 31.8 Å². The summed E-state index contributed by atoms with van der Waals surface area (Å²) < 4.78 is 60.6. The Morgan fingerprint density at radius 3 is 2.42 bits per heavy atom. The first-order chi connectivity index (χ1) is 15.8. The van der Waals surface area contributed by atoms with E-state index in [-0.39, 0.29) is 21.8 Å². The van der Waals surface area contributed by atoms with Crippen LogP contribution in [0.5, 0.6) is 0 Å². The molecular formula is C23H23N3O5S2. The minimum atomic E-state index is -3.85. The molecule has 0 spiro atoms. The first-order valence-corrected chi connectivity index (χ1v) is 13.6. The fraction of sp³-hybridized carbons (Fsp3) is 0.261. The second-order valence-corrected chi connectivity index (χ2v) is 11.8. The van der Waals surface area contributed by atoms with Gasteiger partial charge in [-0.2, -0.15) is 0 Å². The monoisotopic (exact) mass is 485 g/mol. The van der Waals surface area contributed by atoms with Crippen LogP contribution < -0.4 is 4.72 Å². The van der Waals surface area contributed by atoms with Crippen LogP contribution in [0.2, 0.25) is 0 Å². The molecule has 0 atom stereocenters. The van der Waals surface area contributed by atoms with Gasteiger partial charge < -0.3 is 4.42 Å². The lowest BCUT2D eigenvalue weighted by Crippen LogP contribution is -2.37. The number of fused-ring (bicyclic) bond motifs is 1. The van der Waals surface area contributed by atoms with Gasteiger partial charge in [0.05, 0.1) is 11.2 Å². The predicted octanol–water partition coefficient (Wildman–Crippen LogP) is 3.87. The molecule has 0 aliphatic heterocycles. The topological polar surface area (TPSA) is 111 Å². The molecular weight excluding hydrogens is 462 g/mol. The Kier molecular flexibility index (Phi) is 5.59. The summed E-state index contributed by atoms with van der Waals surface area (Å²) in [6, 6.07) is 12.7. The van der Waals surface area contributed by atoms with Gasteiger partial charge >= 0.3 is 0 Å². The Hall–Kier alpha value is -2.95. The lowest BCUT2D eigenvalue weighted by atomic mass is 9.82. The van der Waals surface area contributed by atoms with Crippen molar-refractivity contribution in [3.05, 3.63) is 78.9 Å². The van der Waals surface area contributed by atoms with E-state index < -0.39 is 20.0 Å². The molecule has 3 heterocycles. The fourth-order valence-corrected chi connectivity index (χ4v) is 6.95. The van der Waals surface area contributed by atoms with Gasteiger partial charge in [0.25, 0.3) is 10.0 Å². The summed E-state index contributed by atoms with van der Waals surface area (Å²) in [6.07, 6.45) is 8.85. The van der Waals surface area contributed by atoms with Gasteiger partial charge in [-0.15, -0.1) is 0 Å². The second-order valence-electron chi connectivity index (χ2n) is 8.21. The Morgan fingerprint density at radius 1 is 0.909 bits per heavy atom. The molecule has 0 saturated heterocycles. The van der Waals surface area contributed by atoms with E-state index in [4.69, 9.17) is 4.42 Å². The van der Waals surface area contributed by atoms with Gasteiger partial charge in [-0.05, 0) is 61.9 Å². The molecule has 172 valence electrons. The molecule has 8 nitrogen and oxygen atoms in total. The lowest BCUT2D eigenvalue weighted by molar-refractivity contribution is 0.373. The smallest absolute Gasteiger partial charge is 0.267 e. The Labute approximate surface area is 192 Å². The maximum Gasteiger partial charge on any atom is 0.267 e. The largest absolute Gasteiger partial charge is 0.462 e. The van der Waals surface area contributed by atoms with E-state index in [0.29, 0.717) is 12.8 Å². The molecule has 10 heteroatoms. The van der Waals surface area contributed by atoms with Crippen molar-refractivity contribution in [1.29, 1.82) is 0 Å². The number of sulfonamides is 1. The highest BCUT2D eigenvalue weighted by Gasteiger charge is 2.29. The van der Waals surface area contributed by atoms with Crippen LogP contribution in [0.15, 0.2) is 87.6 Å². The molecule has 1 saturated carbocycles. The summed E-state index contributed by atoms with van der Waals surface area (Å²) in [4.78, 5) is 4.44. The van der Waals surface area contributed by atoms with Crippen LogP contribution in [0.3, 0.4) is 0 Å². The van der Waals surface area contributed by atoms with E-state index >= 15 is 0 Å². The van der Waals surface area contributed by atoms with Crippen molar-refractivity contribution in [1.82, 2.24) is 13.7 Å². The van der Waals surface area contributed by atoms with Crippen molar-refractivity contribution >= 4 is 31.1 Å². The average Bonchev–Trinajstić information content (AvgIpc) is 3.49. The molecule has 1 aliphatic rings. The second kappa shape index (κ2) is 8.44. The van der Waals surface area contributed by atoms with Crippen LogP contribution in [0.25, 0.3) is 11.1 Å². The summed E-state index contributed by atoms with van der Waals surface area (Å²) in [6.45, 7) is 0. The van der Waals surface area contributed by atoms with Crippen LogP contribution in [-0.2, 0) is 20.0 Å². The van der Waals surface area contributed by atoms with E-state index in [2.05, 4.69) is 9.71 Å². The molecule has 33 heavy (non-hydrogen) atoms.